The molecule has 1 heterocycles. The van der Waals surface area contributed by atoms with Crippen LogP contribution in [0.2, 0.25) is 0 Å². The highest BCUT2D eigenvalue weighted by molar-refractivity contribution is 7.87. The number of rotatable bonds is 8. The fourth-order valence-electron chi connectivity index (χ4n) is 1.13. The fraction of sp³-hybridized carbons (Fsp3) is 0.625. The average molecular weight is 277 g/mol. The number of hydrogen-bond donors (Lipinski definition) is 3. The van der Waals surface area contributed by atoms with Crippen LogP contribution in [-0.4, -0.2) is 59.1 Å². The number of hydrogen-bond acceptors (Lipinski definition) is 5. The van der Waals surface area contributed by atoms with Crippen molar-refractivity contribution in [2.75, 3.05) is 20.1 Å². The van der Waals surface area contributed by atoms with Gasteiger partial charge in [0.05, 0.1) is 6.42 Å². The van der Waals surface area contributed by atoms with E-state index >= 15 is 0 Å². The number of carbonyl (C=O) groups is 1. The van der Waals surface area contributed by atoms with Gasteiger partial charge in [0.1, 0.15) is 12.2 Å². The van der Waals surface area contributed by atoms with Crippen molar-refractivity contribution in [2.45, 2.75) is 12.8 Å². The Kier molecular flexibility index (Phi) is 5.19. The second kappa shape index (κ2) is 6.42. The first-order valence-electron chi connectivity index (χ1n) is 5.19. The molecular formula is C8H15N5O4S. The summed E-state index contributed by atoms with van der Waals surface area (Å²) in [5, 5.41) is 14.7. The van der Waals surface area contributed by atoms with E-state index in [0.29, 0.717) is 12.2 Å². The first kappa shape index (κ1) is 14.5. The molecule has 102 valence electrons. The van der Waals surface area contributed by atoms with Crippen LogP contribution in [0.5, 0.6) is 0 Å². The van der Waals surface area contributed by atoms with Crippen LogP contribution in [0.25, 0.3) is 0 Å². The number of carboxylic acid groups (broad SMARTS) is 1. The summed E-state index contributed by atoms with van der Waals surface area (Å²) in [5.74, 6) is -0.468. The third kappa shape index (κ3) is 4.77. The molecule has 0 aliphatic heterocycles. The number of aromatic nitrogens is 3. The van der Waals surface area contributed by atoms with Crippen molar-refractivity contribution in [3.8, 4) is 0 Å². The predicted molar refractivity (Wildman–Crippen MR) is 61.9 cm³/mol. The lowest BCUT2D eigenvalue weighted by atomic mass is 10.4. The molecule has 0 aromatic carbocycles. The molecule has 0 amide bonds. The van der Waals surface area contributed by atoms with Crippen molar-refractivity contribution >= 4 is 16.2 Å². The number of aliphatic carboxylic acids is 1. The Hall–Kier alpha value is -1.52. The van der Waals surface area contributed by atoms with Crippen molar-refractivity contribution < 1.29 is 18.3 Å². The molecule has 0 saturated carbocycles. The molecule has 0 radical (unpaired) electrons. The maximum Gasteiger partial charge on any atom is 0.304 e. The van der Waals surface area contributed by atoms with Crippen molar-refractivity contribution in [2.24, 2.45) is 0 Å². The van der Waals surface area contributed by atoms with Crippen molar-refractivity contribution in [1.29, 1.82) is 0 Å². The molecule has 0 atom stereocenters. The van der Waals surface area contributed by atoms with E-state index in [-0.39, 0.29) is 19.5 Å². The summed E-state index contributed by atoms with van der Waals surface area (Å²) in [6.45, 7) is 0.0852. The Morgan fingerprint density at radius 3 is 2.89 bits per heavy atom. The summed E-state index contributed by atoms with van der Waals surface area (Å²) in [5.41, 5.74) is 0. The zero-order valence-electron chi connectivity index (χ0n) is 9.83. The van der Waals surface area contributed by atoms with Crippen LogP contribution in [-0.2, 0) is 21.4 Å². The van der Waals surface area contributed by atoms with Gasteiger partial charge in [0, 0.05) is 26.6 Å². The zero-order chi connectivity index (χ0) is 13.6. The predicted octanol–water partition coefficient (Wildman–Crippen LogP) is -1.41. The second-order valence-corrected chi connectivity index (χ2v) is 5.41. The molecule has 0 aliphatic carbocycles. The van der Waals surface area contributed by atoms with Gasteiger partial charge >= 0.3 is 5.97 Å². The Labute approximate surface area is 104 Å². The zero-order valence-corrected chi connectivity index (χ0v) is 10.6. The van der Waals surface area contributed by atoms with Gasteiger partial charge in [-0.15, -0.1) is 0 Å². The summed E-state index contributed by atoms with van der Waals surface area (Å²) in [6.07, 6.45) is 1.48. The van der Waals surface area contributed by atoms with Gasteiger partial charge in [0.2, 0.25) is 0 Å². The topological polar surface area (TPSA) is 128 Å². The van der Waals surface area contributed by atoms with E-state index in [1.165, 1.54) is 13.4 Å². The van der Waals surface area contributed by atoms with Gasteiger partial charge in [-0.05, 0) is 0 Å². The molecule has 0 spiro atoms. The van der Waals surface area contributed by atoms with E-state index in [9.17, 15) is 13.2 Å². The van der Waals surface area contributed by atoms with Gasteiger partial charge < -0.3 is 5.11 Å². The number of nitrogens with one attached hydrogen (secondary N) is 2. The van der Waals surface area contributed by atoms with Gasteiger partial charge in [-0.3, -0.25) is 9.89 Å². The molecule has 0 saturated heterocycles. The lowest BCUT2D eigenvalue weighted by Crippen LogP contribution is -2.40. The second-order valence-electron chi connectivity index (χ2n) is 3.55. The number of aromatic amines is 1. The molecule has 1 rings (SSSR count). The number of H-pyrrole nitrogens is 1. The lowest BCUT2D eigenvalue weighted by Gasteiger charge is -2.16. The summed E-state index contributed by atoms with van der Waals surface area (Å²) < 4.78 is 26.6. The maximum absolute atomic E-state index is 11.6. The molecule has 0 unspecified atom stereocenters. The Morgan fingerprint density at radius 2 is 2.33 bits per heavy atom. The van der Waals surface area contributed by atoms with Gasteiger partial charge in [-0.1, -0.05) is 0 Å². The first-order valence-corrected chi connectivity index (χ1v) is 6.63. The van der Waals surface area contributed by atoms with E-state index in [2.05, 4.69) is 19.9 Å². The van der Waals surface area contributed by atoms with Crippen LogP contribution in [0.1, 0.15) is 12.2 Å². The summed E-state index contributed by atoms with van der Waals surface area (Å²) in [7, 11) is -2.33. The van der Waals surface area contributed by atoms with E-state index < -0.39 is 16.2 Å². The molecule has 10 heteroatoms. The Balaban J connectivity index is 2.36. The monoisotopic (exact) mass is 277 g/mol. The van der Waals surface area contributed by atoms with E-state index in [1.54, 1.807) is 0 Å². The normalized spacial score (nSPS) is 11.9. The van der Waals surface area contributed by atoms with Crippen LogP contribution in [0.15, 0.2) is 6.33 Å². The average Bonchev–Trinajstić information content (AvgIpc) is 2.78. The van der Waals surface area contributed by atoms with Crippen LogP contribution in [0.4, 0.5) is 0 Å². The molecule has 9 nitrogen and oxygen atoms in total. The van der Waals surface area contributed by atoms with Crippen LogP contribution in [0, 0.1) is 0 Å². The molecule has 0 aliphatic rings. The van der Waals surface area contributed by atoms with E-state index in [4.69, 9.17) is 5.11 Å². The molecule has 18 heavy (non-hydrogen) atoms. The number of nitrogens with zero attached hydrogens (tertiary/aromatic N) is 3. The van der Waals surface area contributed by atoms with Crippen molar-refractivity contribution in [3.05, 3.63) is 12.2 Å². The first-order chi connectivity index (χ1) is 8.42. The highest BCUT2D eigenvalue weighted by atomic mass is 32.2. The minimum atomic E-state index is -3.65. The minimum absolute atomic E-state index is 0.0764. The highest BCUT2D eigenvalue weighted by Gasteiger charge is 2.17. The van der Waals surface area contributed by atoms with Gasteiger partial charge in [-0.25, -0.2) is 9.71 Å². The van der Waals surface area contributed by atoms with Crippen LogP contribution < -0.4 is 4.72 Å². The molecular weight excluding hydrogens is 262 g/mol. The third-order valence-electron chi connectivity index (χ3n) is 2.16. The van der Waals surface area contributed by atoms with Crippen LogP contribution in [0.3, 0.4) is 0 Å². The molecule has 3 N–H and O–H groups in total. The summed E-state index contributed by atoms with van der Waals surface area (Å²) >= 11 is 0. The summed E-state index contributed by atoms with van der Waals surface area (Å²) in [6, 6.07) is 0. The lowest BCUT2D eigenvalue weighted by molar-refractivity contribution is -0.137. The Morgan fingerprint density at radius 1 is 1.61 bits per heavy atom. The molecule has 0 bridgehead atoms. The number of carboxylic acids is 1. The highest BCUT2D eigenvalue weighted by Crippen LogP contribution is 1.96. The molecule has 0 fully saturated rings. The van der Waals surface area contributed by atoms with Gasteiger partial charge in [0.25, 0.3) is 10.2 Å². The fourth-order valence-corrected chi connectivity index (χ4v) is 2.05. The standard InChI is InChI=1S/C8H15N5O4S/c1-13(5-3-8(14)15)18(16,17)11-4-2-7-9-6-10-12-7/h6,11H,2-5H2,1H3,(H,14,15)(H,9,10,12). The largest absolute Gasteiger partial charge is 0.481 e. The quantitative estimate of drug-likeness (QED) is 0.535. The van der Waals surface area contributed by atoms with Gasteiger partial charge in [0.15, 0.2) is 0 Å². The van der Waals surface area contributed by atoms with E-state index in [0.717, 1.165) is 4.31 Å². The molecule has 1 aromatic rings. The minimum Gasteiger partial charge on any atom is -0.481 e. The Bertz CT molecular complexity index is 472. The van der Waals surface area contributed by atoms with Crippen molar-refractivity contribution in [3.63, 3.8) is 0 Å². The van der Waals surface area contributed by atoms with Gasteiger partial charge in [-0.2, -0.15) is 17.8 Å². The van der Waals surface area contributed by atoms with Crippen molar-refractivity contribution in [1.82, 2.24) is 24.2 Å². The third-order valence-corrected chi connectivity index (χ3v) is 3.73. The van der Waals surface area contributed by atoms with Crippen LogP contribution >= 0.6 is 0 Å². The summed E-state index contributed by atoms with van der Waals surface area (Å²) in [4.78, 5) is 14.2. The molecule has 1 aromatic heterocycles. The van der Waals surface area contributed by atoms with E-state index in [1.807, 2.05) is 0 Å². The SMILES string of the molecule is CN(CCC(=O)O)S(=O)(=O)NCCc1ncn[nH]1. The maximum atomic E-state index is 11.6. The smallest absolute Gasteiger partial charge is 0.304 e.